The molecule has 0 atom stereocenters. The first-order chi connectivity index (χ1) is 4.33. The maximum Gasteiger partial charge on any atom is 0.117 e. The minimum Gasteiger partial charge on any atom is -0.242 e. The largest absolute Gasteiger partial charge is 0.242 e. The first-order valence-electron chi connectivity index (χ1n) is 2.58. The van der Waals surface area contributed by atoms with Gasteiger partial charge in [0.1, 0.15) is 12.0 Å². The molecule has 2 nitrogen and oxygen atoms in total. The SMILES string of the molecule is C#Cc1cc(C)ncn1. The molecule has 44 valence electrons. The molecule has 0 saturated heterocycles. The van der Waals surface area contributed by atoms with Crippen LogP contribution in [0.4, 0.5) is 0 Å². The van der Waals surface area contributed by atoms with Gasteiger partial charge in [0.05, 0.1) is 0 Å². The van der Waals surface area contributed by atoms with Gasteiger partial charge < -0.3 is 0 Å². The van der Waals surface area contributed by atoms with Crippen molar-refractivity contribution in [2.24, 2.45) is 0 Å². The summed E-state index contributed by atoms with van der Waals surface area (Å²) in [5, 5.41) is 0. The van der Waals surface area contributed by atoms with Crippen LogP contribution in [0, 0.1) is 19.3 Å². The average Bonchev–Trinajstić information content (AvgIpc) is 1.88. The average molecular weight is 118 g/mol. The smallest absolute Gasteiger partial charge is 0.117 e. The Morgan fingerprint density at radius 2 is 2.33 bits per heavy atom. The summed E-state index contributed by atoms with van der Waals surface area (Å²) < 4.78 is 0. The zero-order chi connectivity index (χ0) is 6.69. The number of aromatic nitrogens is 2. The number of aryl methyl sites for hydroxylation is 1. The fraction of sp³-hybridized carbons (Fsp3) is 0.143. The summed E-state index contributed by atoms with van der Waals surface area (Å²) in [7, 11) is 0. The topological polar surface area (TPSA) is 25.8 Å². The van der Waals surface area contributed by atoms with Gasteiger partial charge in [0.25, 0.3) is 0 Å². The van der Waals surface area contributed by atoms with E-state index in [2.05, 4.69) is 15.9 Å². The Morgan fingerprint density at radius 3 is 2.78 bits per heavy atom. The molecular formula is C7H6N2. The highest BCUT2D eigenvalue weighted by molar-refractivity contribution is 5.23. The van der Waals surface area contributed by atoms with Crippen LogP contribution in [0.3, 0.4) is 0 Å². The molecule has 0 saturated carbocycles. The van der Waals surface area contributed by atoms with E-state index in [0.717, 1.165) is 5.69 Å². The molecule has 1 aromatic heterocycles. The molecule has 0 radical (unpaired) electrons. The Hall–Kier alpha value is -1.36. The van der Waals surface area contributed by atoms with Gasteiger partial charge in [0.15, 0.2) is 0 Å². The number of rotatable bonds is 0. The van der Waals surface area contributed by atoms with E-state index >= 15 is 0 Å². The molecule has 0 aromatic carbocycles. The summed E-state index contributed by atoms with van der Waals surface area (Å²) >= 11 is 0. The van der Waals surface area contributed by atoms with E-state index in [4.69, 9.17) is 6.42 Å². The summed E-state index contributed by atoms with van der Waals surface area (Å²) in [6, 6.07) is 1.76. The van der Waals surface area contributed by atoms with Crippen LogP contribution in [0.5, 0.6) is 0 Å². The van der Waals surface area contributed by atoms with Crippen molar-refractivity contribution in [3.05, 3.63) is 23.8 Å². The maximum absolute atomic E-state index is 5.08. The van der Waals surface area contributed by atoms with E-state index < -0.39 is 0 Å². The van der Waals surface area contributed by atoms with Crippen LogP contribution in [0.2, 0.25) is 0 Å². The Morgan fingerprint density at radius 1 is 1.56 bits per heavy atom. The van der Waals surface area contributed by atoms with Crippen molar-refractivity contribution in [1.29, 1.82) is 0 Å². The molecule has 0 aliphatic rings. The van der Waals surface area contributed by atoms with E-state index in [0.29, 0.717) is 5.69 Å². The van der Waals surface area contributed by atoms with Crippen molar-refractivity contribution in [2.75, 3.05) is 0 Å². The predicted octanol–water partition coefficient (Wildman–Crippen LogP) is 0.766. The molecule has 9 heavy (non-hydrogen) atoms. The monoisotopic (exact) mass is 118 g/mol. The highest BCUT2D eigenvalue weighted by Crippen LogP contribution is 1.92. The van der Waals surface area contributed by atoms with Crippen LogP contribution < -0.4 is 0 Å². The van der Waals surface area contributed by atoms with Crippen LogP contribution in [0.25, 0.3) is 0 Å². The maximum atomic E-state index is 5.08. The fourth-order valence-electron chi connectivity index (χ4n) is 0.533. The lowest BCUT2D eigenvalue weighted by atomic mass is 10.3. The van der Waals surface area contributed by atoms with Crippen molar-refractivity contribution in [2.45, 2.75) is 6.92 Å². The summed E-state index contributed by atoms with van der Waals surface area (Å²) in [4.78, 5) is 7.69. The lowest BCUT2D eigenvalue weighted by Gasteiger charge is -1.88. The van der Waals surface area contributed by atoms with Gasteiger partial charge in [0, 0.05) is 5.69 Å². The molecule has 0 fully saturated rings. The second-order valence-electron chi connectivity index (χ2n) is 1.69. The third-order valence-electron chi connectivity index (χ3n) is 0.952. The van der Waals surface area contributed by atoms with Gasteiger partial charge in [-0.05, 0) is 13.0 Å². The Kier molecular flexibility index (Phi) is 1.46. The van der Waals surface area contributed by atoms with Gasteiger partial charge in [-0.1, -0.05) is 5.92 Å². The van der Waals surface area contributed by atoms with E-state index in [9.17, 15) is 0 Å². The van der Waals surface area contributed by atoms with Crippen LogP contribution in [-0.4, -0.2) is 9.97 Å². The van der Waals surface area contributed by atoms with Gasteiger partial charge in [-0.2, -0.15) is 0 Å². The number of terminal acetylenes is 1. The molecule has 1 aromatic rings. The lowest BCUT2D eigenvalue weighted by Crippen LogP contribution is -1.85. The van der Waals surface area contributed by atoms with Crippen molar-refractivity contribution in [1.82, 2.24) is 9.97 Å². The van der Waals surface area contributed by atoms with Gasteiger partial charge in [-0.15, -0.1) is 6.42 Å². The van der Waals surface area contributed by atoms with E-state index in [1.807, 2.05) is 6.92 Å². The summed E-state index contributed by atoms with van der Waals surface area (Å²) in [5.74, 6) is 2.42. The van der Waals surface area contributed by atoms with Crippen molar-refractivity contribution in [3.63, 3.8) is 0 Å². The van der Waals surface area contributed by atoms with Gasteiger partial charge >= 0.3 is 0 Å². The fourth-order valence-corrected chi connectivity index (χ4v) is 0.533. The first-order valence-corrected chi connectivity index (χ1v) is 2.58. The second kappa shape index (κ2) is 2.27. The van der Waals surface area contributed by atoms with E-state index in [1.54, 1.807) is 6.07 Å². The second-order valence-corrected chi connectivity index (χ2v) is 1.69. The van der Waals surface area contributed by atoms with Crippen molar-refractivity contribution >= 4 is 0 Å². The number of hydrogen-bond donors (Lipinski definition) is 0. The van der Waals surface area contributed by atoms with E-state index in [-0.39, 0.29) is 0 Å². The third kappa shape index (κ3) is 1.26. The van der Waals surface area contributed by atoms with Crippen LogP contribution in [0.15, 0.2) is 12.4 Å². The van der Waals surface area contributed by atoms with Crippen LogP contribution in [-0.2, 0) is 0 Å². The highest BCUT2D eigenvalue weighted by Gasteiger charge is 1.86. The Labute approximate surface area is 54.0 Å². The molecule has 0 unspecified atom stereocenters. The first kappa shape index (κ1) is 5.77. The van der Waals surface area contributed by atoms with Gasteiger partial charge in [0.2, 0.25) is 0 Å². The van der Waals surface area contributed by atoms with Crippen molar-refractivity contribution < 1.29 is 0 Å². The zero-order valence-corrected chi connectivity index (χ0v) is 5.13. The molecule has 1 heterocycles. The molecule has 0 aliphatic heterocycles. The van der Waals surface area contributed by atoms with E-state index in [1.165, 1.54) is 6.33 Å². The number of nitrogens with zero attached hydrogens (tertiary/aromatic N) is 2. The molecular weight excluding hydrogens is 112 g/mol. The van der Waals surface area contributed by atoms with Gasteiger partial charge in [-0.25, -0.2) is 9.97 Å². The molecule has 0 aliphatic carbocycles. The predicted molar refractivity (Wildman–Crippen MR) is 34.7 cm³/mol. The quantitative estimate of drug-likeness (QED) is 0.470. The summed E-state index contributed by atoms with van der Waals surface area (Å²) in [5.41, 5.74) is 1.54. The standard InChI is InChI=1S/C7H6N2/c1-3-7-4-6(2)8-5-9-7/h1,4-5H,2H3. The third-order valence-corrected chi connectivity index (χ3v) is 0.952. The Balaban J connectivity index is 3.12. The highest BCUT2D eigenvalue weighted by atomic mass is 14.8. The van der Waals surface area contributed by atoms with Crippen LogP contribution >= 0.6 is 0 Å². The molecule has 2 heteroatoms. The summed E-state index contributed by atoms with van der Waals surface area (Å²) in [6.45, 7) is 1.88. The lowest BCUT2D eigenvalue weighted by molar-refractivity contribution is 1.09. The normalized spacial score (nSPS) is 8.44. The minimum atomic E-state index is 0.641. The molecule has 0 spiro atoms. The minimum absolute atomic E-state index is 0.641. The zero-order valence-electron chi connectivity index (χ0n) is 5.13. The number of hydrogen-bond acceptors (Lipinski definition) is 2. The Bertz CT molecular complexity index is 247. The molecule has 0 N–H and O–H groups in total. The molecule has 0 bridgehead atoms. The van der Waals surface area contributed by atoms with Gasteiger partial charge in [-0.3, -0.25) is 0 Å². The summed E-state index contributed by atoms with van der Waals surface area (Å²) in [6.07, 6.45) is 6.54. The molecule has 0 amide bonds. The van der Waals surface area contributed by atoms with Crippen LogP contribution in [0.1, 0.15) is 11.4 Å². The molecule has 1 rings (SSSR count). The van der Waals surface area contributed by atoms with Crippen molar-refractivity contribution in [3.8, 4) is 12.3 Å².